The van der Waals surface area contributed by atoms with Crippen LogP contribution in [0.5, 0.6) is 0 Å². The maximum Gasteiger partial charge on any atom is 0.308 e. The second kappa shape index (κ2) is 7.80. The van der Waals surface area contributed by atoms with Gasteiger partial charge in [-0.15, -0.1) is 0 Å². The number of carboxylic acid groups (broad SMARTS) is 1. The summed E-state index contributed by atoms with van der Waals surface area (Å²) in [6, 6.07) is 0. The van der Waals surface area contributed by atoms with Crippen molar-refractivity contribution in [2.24, 2.45) is 28.6 Å². The summed E-state index contributed by atoms with van der Waals surface area (Å²) >= 11 is 0. The quantitative estimate of drug-likeness (QED) is 0.598. The molecule has 0 spiro atoms. The lowest BCUT2D eigenvalue weighted by Gasteiger charge is -2.63. The lowest BCUT2D eigenvalue weighted by molar-refractivity contribution is -0.412. The van der Waals surface area contributed by atoms with Crippen LogP contribution in [0.1, 0.15) is 99.3 Å². The molecule has 2 saturated carbocycles. The molecule has 0 aromatic heterocycles. The summed E-state index contributed by atoms with van der Waals surface area (Å²) in [7, 11) is 0. The van der Waals surface area contributed by atoms with E-state index >= 15 is 0 Å². The molecule has 0 aromatic carbocycles. The zero-order valence-electron chi connectivity index (χ0n) is 19.3. The maximum atomic E-state index is 12.1. The molecule has 1 heterocycles. The maximum absolute atomic E-state index is 12.1. The van der Waals surface area contributed by atoms with Gasteiger partial charge in [-0.05, 0) is 87.9 Å². The van der Waals surface area contributed by atoms with E-state index in [2.05, 4.69) is 27.7 Å². The fraction of sp³-hybridized carbons (Fsp3) is 0.958. The van der Waals surface area contributed by atoms with Gasteiger partial charge in [-0.1, -0.05) is 34.1 Å². The lowest BCUT2D eigenvalue weighted by atomic mass is 9.44. The number of carbonyl (C=O) groups is 1. The van der Waals surface area contributed by atoms with E-state index < -0.39 is 29.2 Å². The van der Waals surface area contributed by atoms with Crippen LogP contribution in [0.15, 0.2) is 0 Å². The highest BCUT2D eigenvalue weighted by Gasteiger charge is 2.61. The van der Waals surface area contributed by atoms with E-state index in [4.69, 9.17) is 9.78 Å². The molecule has 3 aliphatic rings. The van der Waals surface area contributed by atoms with Gasteiger partial charge in [0.2, 0.25) is 0 Å². The van der Waals surface area contributed by atoms with E-state index in [1.165, 1.54) is 19.3 Å². The molecule has 0 amide bonds. The van der Waals surface area contributed by atoms with E-state index in [9.17, 15) is 15.0 Å². The third kappa shape index (κ3) is 3.99. The summed E-state index contributed by atoms with van der Waals surface area (Å²) in [6.45, 7) is 13.0. The predicted molar refractivity (Wildman–Crippen MR) is 112 cm³/mol. The van der Waals surface area contributed by atoms with Crippen molar-refractivity contribution in [1.29, 1.82) is 0 Å². The Bertz CT molecular complexity index is 608. The molecule has 0 radical (unpaired) electrons. The summed E-state index contributed by atoms with van der Waals surface area (Å²) in [5.74, 6) is -0.620. The van der Waals surface area contributed by atoms with Gasteiger partial charge in [0, 0.05) is 0 Å². The van der Waals surface area contributed by atoms with Gasteiger partial charge in [0.25, 0.3) is 0 Å². The molecule has 5 nitrogen and oxygen atoms in total. The summed E-state index contributed by atoms with van der Waals surface area (Å²) in [4.78, 5) is 22.5. The van der Waals surface area contributed by atoms with Crippen molar-refractivity contribution in [3.8, 4) is 0 Å². The van der Waals surface area contributed by atoms with E-state index in [1.807, 2.05) is 6.92 Å². The number of hydrogen-bond acceptors (Lipinski definition) is 4. The van der Waals surface area contributed by atoms with Crippen LogP contribution in [0.25, 0.3) is 0 Å². The van der Waals surface area contributed by atoms with Gasteiger partial charge in [-0.25, -0.2) is 9.78 Å². The Morgan fingerprint density at radius 1 is 1.07 bits per heavy atom. The third-order valence-corrected chi connectivity index (χ3v) is 9.24. The number of carboxylic acids is 1. The van der Waals surface area contributed by atoms with Gasteiger partial charge in [0.15, 0.2) is 0 Å². The van der Waals surface area contributed by atoms with Crippen LogP contribution < -0.4 is 0 Å². The standard InChI is InChI=1S/C24H42O5/c1-16-8-9-19-21(3,4)11-7-12-23(19,6)24(16,27)15-14-22(5)13-10-18(28-29-22)17(2)20(25)26/h16-19,27H,7-15H2,1-6H3,(H,25,26)/t16-,17+,18+,19?,22+,23?,24?/m1/s1. The monoisotopic (exact) mass is 410 g/mol. The lowest BCUT2D eigenvalue weighted by Crippen LogP contribution is -2.62. The highest BCUT2D eigenvalue weighted by molar-refractivity contribution is 5.70. The minimum Gasteiger partial charge on any atom is -0.481 e. The number of rotatable bonds is 5. The van der Waals surface area contributed by atoms with Crippen molar-refractivity contribution in [1.82, 2.24) is 0 Å². The topological polar surface area (TPSA) is 76.0 Å². The van der Waals surface area contributed by atoms with Crippen molar-refractivity contribution in [3.63, 3.8) is 0 Å². The second-order valence-electron chi connectivity index (χ2n) is 11.5. The Balaban J connectivity index is 1.71. The van der Waals surface area contributed by atoms with Crippen molar-refractivity contribution in [3.05, 3.63) is 0 Å². The molecule has 3 rings (SSSR count). The van der Waals surface area contributed by atoms with Gasteiger partial charge in [-0.2, -0.15) is 0 Å². The fourth-order valence-corrected chi connectivity index (χ4v) is 6.93. The number of aliphatic carboxylic acids is 1. The highest BCUT2D eigenvalue weighted by atomic mass is 17.2. The number of hydrogen-bond donors (Lipinski definition) is 2. The average molecular weight is 411 g/mol. The molecule has 2 N–H and O–H groups in total. The largest absolute Gasteiger partial charge is 0.481 e. The normalized spacial score (nSPS) is 46.0. The average Bonchev–Trinajstić information content (AvgIpc) is 2.64. The van der Waals surface area contributed by atoms with Crippen LogP contribution >= 0.6 is 0 Å². The molecule has 3 unspecified atom stereocenters. The van der Waals surface area contributed by atoms with Crippen molar-refractivity contribution in [2.75, 3.05) is 0 Å². The molecule has 29 heavy (non-hydrogen) atoms. The molecule has 2 aliphatic carbocycles. The van der Waals surface area contributed by atoms with Gasteiger partial charge < -0.3 is 10.2 Å². The molecule has 3 fully saturated rings. The first kappa shape index (κ1) is 23.0. The molecule has 1 saturated heterocycles. The van der Waals surface area contributed by atoms with Crippen LogP contribution in [0.2, 0.25) is 0 Å². The first-order valence-corrected chi connectivity index (χ1v) is 11.6. The SMILES string of the molecule is C[C@H](C(=O)O)[C@@H]1CC[C@@](C)(CCC2(O)[C@H](C)CCC3C(C)(C)CCCC32C)OO1. The zero-order chi connectivity index (χ0) is 21.7. The molecule has 168 valence electrons. The summed E-state index contributed by atoms with van der Waals surface area (Å²) in [5.41, 5.74) is -0.975. The molecule has 5 heteroatoms. The van der Waals surface area contributed by atoms with Gasteiger partial charge in [0.05, 0.1) is 11.5 Å². The van der Waals surface area contributed by atoms with Crippen molar-refractivity contribution in [2.45, 2.75) is 117 Å². The van der Waals surface area contributed by atoms with Gasteiger partial charge in [-0.3, -0.25) is 4.79 Å². The Morgan fingerprint density at radius 2 is 1.76 bits per heavy atom. The molecule has 0 aromatic rings. The summed E-state index contributed by atoms with van der Waals surface area (Å²) < 4.78 is 0. The highest BCUT2D eigenvalue weighted by Crippen LogP contribution is 2.64. The summed E-state index contributed by atoms with van der Waals surface area (Å²) in [5, 5.41) is 21.3. The Labute approximate surface area is 176 Å². The van der Waals surface area contributed by atoms with E-state index in [1.54, 1.807) is 6.92 Å². The van der Waals surface area contributed by atoms with E-state index in [-0.39, 0.29) is 16.7 Å². The van der Waals surface area contributed by atoms with Gasteiger partial charge in [0.1, 0.15) is 11.7 Å². The number of fused-ring (bicyclic) bond motifs is 1. The minimum absolute atomic E-state index is 0.0708. The Hall–Kier alpha value is -0.650. The Morgan fingerprint density at radius 3 is 2.34 bits per heavy atom. The van der Waals surface area contributed by atoms with Crippen LogP contribution in [-0.2, 0) is 14.6 Å². The van der Waals surface area contributed by atoms with Crippen LogP contribution in [-0.4, -0.2) is 33.5 Å². The first-order chi connectivity index (χ1) is 13.3. The Kier molecular flexibility index (Phi) is 6.19. The minimum atomic E-state index is -0.855. The third-order valence-electron chi connectivity index (χ3n) is 9.24. The molecular formula is C24H42O5. The number of aliphatic hydroxyl groups is 1. The van der Waals surface area contributed by atoms with Crippen LogP contribution in [0.4, 0.5) is 0 Å². The van der Waals surface area contributed by atoms with E-state index in [0.29, 0.717) is 18.8 Å². The smallest absolute Gasteiger partial charge is 0.308 e. The fourth-order valence-electron chi connectivity index (χ4n) is 6.93. The van der Waals surface area contributed by atoms with Crippen LogP contribution in [0, 0.1) is 28.6 Å². The zero-order valence-corrected chi connectivity index (χ0v) is 19.3. The molecule has 1 aliphatic heterocycles. The van der Waals surface area contributed by atoms with Crippen LogP contribution in [0.3, 0.4) is 0 Å². The van der Waals surface area contributed by atoms with E-state index in [0.717, 1.165) is 25.7 Å². The molecule has 7 atom stereocenters. The first-order valence-electron chi connectivity index (χ1n) is 11.6. The second-order valence-corrected chi connectivity index (χ2v) is 11.5. The van der Waals surface area contributed by atoms with Crippen molar-refractivity contribution < 1.29 is 24.8 Å². The van der Waals surface area contributed by atoms with Crippen molar-refractivity contribution >= 4 is 5.97 Å². The molecule has 0 bridgehead atoms. The van der Waals surface area contributed by atoms with Gasteiger partial charge >= 0.3 is 5.97 Å². The molecular weight excluding hydrogens is 368 g/mol. The summed E-state index contributed by atoms with van der Waals surface area (Å²) in [6.07, 6.45) is 8.26. The predicted octanol–water partition coefficient (Wildman–Crippen LogP) is 5.35.